The molecule has 0 aliphatic rings. The van der Waals surface area contributed by atoms with Crippen LogP contribution in [-0.2, 0) is 19.1 Å². The van der Waals surface area contributed by atoms with Crippen molar-refractivity contribution in [2.24, 2.45) is 0 Å². The number of rotatable bonds is 7. The van der Waals surface area contributed by atoms with Crippen LogP contribution in [-0.4, -0.2) is 37.7 Å². The largest absolute Gasteiger partial charge is 0.466 e. The van der Waals surface area contributed by atoms with E-state index in [1.54, 1.807) is 0 Å². The Balaban J connectivity index is 2.69. The SMILES string of the molecule is COC(=O)/C=C/C(=O)OC[C@H](NC(=O)NC(C)C)c1ccccc1. The van der Waals surface area contributed by atoms with Gasteiger partial charge >= 0.3 is 18.0 Å². The maximum Gasteiger partial charge on any atom is 0.331 e. The molecule has 0 heterocycles. The van der Waals surface area contributed by atoms with Gasteiger partial charge in [-0.3, -0.25) is 0 Å². The summed E-state index contributed by atoms with van der Waals surface area (Å²) >= 11 is 0. The summed E-state index contributed by atoms with van der Waals surface area (Å²) < 4.78 is 9.47. The summed E-state index contributed by atoms with van der Waals surface area (Å²) in [7, 11) is 1.21. The topological polar surface area (TPSA) is 93.7 Å². The van der Waals surface area contributed by atoms with Gasteiger partial charge in [-0.15, -0.1) is 0 Å². The number of urea groups is 1. The molecule has 0 aromatic heterocycles. The predicted octanol–water partition coefficient (Wildman–Crippen LogP) is 1.71. The minimum Gasteiger partial charge on any atom is -0.466 e. The van der Waals surface area contributed by atoms with Gasteiger partial charge in [-0.1, -0.05) is 30.3 Å². The molecular weight excluding hydrogens is 312 g/mol. The predicted molar refractivity (Wildman–Crippen MR) is 88.1 cm³/mol. The lowest BCUT2D eigenvalue weighted by Crippen LogP contribution is -2.42. The first kappa shape index (κ1) is 19.2. The molecule has 7 nitrogen and oxygen atoms in total. The molecule has 130 valence electrons. The van der Waals surface area contributed by atoms with Crippen molar-refractivity contribution in [1.29, 1.82) is 0 Å². The van der Waals surface area contributed by atoms with Crippen LogP contribution in [0.25, 0.3) is 0 Å². The number of amides is 2. The van der Waals surface area contributed by atoms with Gasteiger partial charge in [0.05, 0.1) is 13.2 Å². The van der Waals surface area contributed by atoms with E-state index in [4.69, 9.17) is 4.74 Å². The molecule has 2 amide bonds. The fraction of sp³-hybridized carbons (Fsp3) is 0.353. The van der Waals surface area contributed by atoms with Crippen molar-refractivity contribution < 1.29 is 23.9 Å². The van der Waals surface area contributed by atoms with Gasteiger partial charge in [-0.25, -0.2) is 14.4 Å². The second-order valence-corrected chi connectivity index (χ2v) is 5.22. The van der Waals surface area contributed by atoms with E-state index in [9.17, 15) is 14.4 Å². The van der Waals surface area contributed by atoms with Crippen molar-refractivity contribution in [2.45, 2.75) is 25.9 Å². The summed E-state index contributed by atoms with van der Waals surface area (Å²) in [5, 5.41) is 5.47. The van der Waals surface area contributed by atoms with Gasteiger partial charge in [0.1, 0.15) is 6.61 Å². The van der Waals surface area contributed by atoms with E-state index in [-0.39, 0.29) is 18.7 Å². The highest BCUT2D eigenvalue weighted by Gasteiger charge is 2.16. The smallest absolute Gasteiger partial charge is 0.331 e. The summed E-state index contributed by atoms with van der Waals surface area (Å²) in [4.78, 5) is 34.5. The number of ether oxygens (including phenoxy) is 2. The van der Waals surface area contributed by atoms with E-state index < -0.39 is 18.0 Å². The molecule has 7 heteroatoms. The van der Waals surface area contributed by atoms with Crippen LogP contribution < -0.4 is 10.6 Å². The molecular formula is C17H22N2O5. The number of benzene rings is 1. The summed E-state index contributed by atoms with van der Waals surface area (Å²) in [5.74, 6) is -1.35. The minimum absolute atomic E-state index is 0.0213. The Morgan fingerprint density at radius 1 is 1.04 bits per heavy atom. The lowest BCUT2D eigenvalue weighted by Gasteiger charge is -2.20. The average Bonchev–Trinajstić information content (AvgIpc) is 2.56. The normalized spacial score (nSPS) is 11.8. The van der Waals surface area contributed by atoms with Gasteiger partial charge < -0.3 is 20.1 Å². The number of esters is 2. The summed E-state index contributed by atoms with van der Waals surface area (Å²) in [6.07, 6.45) is 1.95. The molecule has 0 saturated carbocycles. The van der Waals surface area contributed by atoms with Crippen molar-refractivity contribution in [3.05, 3.63) is 48.0 Å². The van der Waals surface area contributed by atoms with E-state index in [0.717, 1.165) is 17.7 Å². The Bertz CT molecular complexity index is 584. The first-order valence-electron chi connectivity index (χ1n) is 7.47. The quantitative estimate of drug-likeness (QED) is 0.585. The lowest BCUT2D eigenvalue weighted by atomic mass is 10.1. The van der Waals surface area contributed by atoms with Crippen molar-refractivity contribution in [3.63, 3.8) is 0 Å². The van der Waals surface area contributed by atoms with Crippen LogP contribution in [0.15, 0.2) is 42.5 Å². The number of nitrogens with one attached hydrogen (secondary N) is 2. The van der Waals surface area contributed by atoms with Gasteiger partial charge in [0.2, 0.25) is 0 Å². The molecule has 0 aliphatic heterocycles. The van der Waals surface area contributed by atoms with E-state index in [0.29, 0.717) is 0 Å². The number of hydrogen-bond acceptors (Lipinski definition) is 5. The lowest BCUT2D eigenvalue weighted by molar-refractivity contribution is -0.139. The molecule has 0 saturated heterocycles. The molecule has 0 spiro atoms. The zero-order valence-corrected chi connectivity index (χ0v) is 13.9. The second kappa shape index (κ2) is 10.0. The maximum atomic E-state index is 11.9. The minimum atomic E-state index is -0.701. The Morgan fingerprint density at radius 2 is 1.67 bits per heavy atom. The van der Waals surface area contributed by atoms with E-state index in [1.165, 1.54) is 7.11 Å². The summed E-state index contributed by atoms with van der Waals surface area (Å²) in [6.45, 7) is 3.61. The second-order valence-electron chi connectivity index (χ2n) is 5.22. The first-order valence-corrected chi connectivity index (χ1v) is 7.47. The van der Waals surface area contributed by atoms with E-state index in [1.807, 2.05) is 44.2 Å². The van der Waals surface area contributed by atoms with Gasteiger partial charge in [0.25, 0.3) is 0 Å². The first-order chi connectivity index (χ1) is 11.4. The molecule has 24 heavy (non-hydrogen) atoms. The zero-order valence-electron chi connectivity index (χ0n) is 13.9. The third kappa shape index (κ3) is 7.44. The third-order valence-corrected chi connectivity index (χ3v) is 2.88. The van der Waals surface area contributed by atoms with Gasteiger partial charge in [0, 0.05) is 18.2 Å². The van der Waals surface area contributed by atoms with Crippen LogP contribution in [0.3, 0.4) is 0 Å². The van der Waals surface area contributed by atoms with Crippen LogP contribution in [0.5, 0.6) is 0 Å². The fourth-order valence-electron chi connectivity index (χ4n) is 1.79. The van der Waals surface area contributed by atoms with E-state index in [2.05, 4.69) is 15.4 Å². The zero-order chi connectivity index (χ0) is 17.9. The number of carbonyl (C=O) groups is 3. The van der Waals surface area contributed by atoms with Crippen LogP contribution in [0.2, 0.25) is 0 Å². The van der Waals surface area contributed by atoms with Crippen LogP contribution >= 0.6 is 0 Å². The molecule has 1 atom stereocenters. The molecule has 2 N–H and O–H groups in total. The highest BCUT2D eigenvalue weighted by atomic mass is 16.5. The van der Waals surface area contributed by atoms with Crippen LogP contribution in [0.1, 0.15) is 25.5 Å². The standard InChI is InChI=1S/C17H22N2O5/c1-12(2)18-17(22)19-14(13-7-5-4-6-8-13)11-24-16(21)10-9-15(20)23-3/h4-10,12,14H,11H2,1-3H3,(H2,18,19,22)/b10-9+/t14-/m0/s1. The molecule has 0 fully saturated rings. The molecule has 0 unspecified atom stereocenters. The number of hydrogen-bond donors (Lipinski definition) is 2. The van der Waals surface area contributed by atoms with Crippen LogP contribution in [0.4, 0.5) is 4.79 Å². The Kier molecular flexibility index (Phi) is 8.04. The molecule has 0 aliphatic carbocycles. The summed E-state index contributed by atoms with van der Waals surface area (Å²) in [5.41, 5.74) is 0.793. The van der Waals surface area contributed by atoms with Crippen molar-refractivity contribution >= 4 is 18.0 Å². The fourth-order valence-corrected chi connectivity index (χ4v) is 1.79. The van der Waals surface area contributed by atoms with Gasteiger partial charge in [-0.05, 0) is 19.4 Å². The Morgan fingerprint density at radius 3 is 2.25 bits per heavy atom. The monoisotopic (exact) mass is 334 g/mol. The van der Waals surface area contributed by atoms with Crippen molar-refractivity contribution in [1.82, 2.24) is 10.6 Å². The molecule has 1 aromatic rings. The highest BCUT2D eigenvalue weighted by Crippen LogP contribution is 2.13. The highest BCUT2D eigenvalue weighted by molar-refractivity contribution is 5.91. The maximum absolute atomic E-state index is 11.9. The number of methoxy groups -OCH3 is 1. The molecule has 1 aromatic carbocycles. The van der Waals surface area contributed by atoms with E-state index >= 15 is 0 Å². The Hall–Kier alpha value is -2.83. The molecule has 1 rings (SSSR count). The Labute approximate surface area is 141 Å². The molecule has 0 radical (unpaired) electrons. The van der Waals surface area contributed by atoms with Crippen LogP contribution in [0, 0.1) is 0 Å². The third-order valence-electron chi connectivity index (χ3n) is 2.88. The number of carbonyl (C=O) groups excluding carboxylic acids is 3. The molecule has 0 bridgehead atoms. The summed E-state index contributed by atoms with van der Waals surface area (Å²) in [6, 6.07) is 8.23. The van der Waals surface area contributed by atoms with Gasteiger partial charge in [-0.2, -0.15) is 0 Å². The average molecular weight is 334 g/mol. The van der Waals surface area contributed by atoms with Gasteiger partial charge in [0.15, 0.2) is 0 Å². The van der Waals surface area contributed by atoms with Crippen molar-refractivity contribution in [2.75, 3.05) is 13.7 Å². The van der Waals surface area contributed by atoms with Crippen molar-refractivity contribution in [3.8, 4) is 0 Å².